The number of rotatable bonds is 14. The highest BCUT2D eigenvalue weighted by atomic mass is 16.7. The van der Waals surface area contributed by atoms with Crippen molar-refractivity contribution in [2.75, 3.05) is 34.0 Å². The molecule has 7 aliphatic rings. The second-order valence-corrected chi connectivity index (χ2v) is 19.0. The highest BCUT2D eigenvalue weighted by Gasteiger charge is 2.58. The molecule has 0 aromatic carbocycles. The van der Waals surface area contributed by atoms with Crippen molar-refractivity contribution in [2.45, 2.75) is 199 Å². The molecule has 23 nitrogen and oxygen atoms in total. The van der Waals surface area contributed by atoms with Crippen LogP contribution >= 0.6 is 0 Å². The Kier molecular flexibility index (Phi) is 18.2. The van der Waals surface area contributed by atoms with Crippen molar-refractivity contribution in [2.24, 2.45) is 17.8 Å². The van der Waals surface area contributed by atoms with Crippen LogP contribution in [0.2, 0.25) is 0 Å². The van der Waals surface area contributed by atoms with Gasteiger partial charge in [-0.1, -0.05) is 6.08 Å². The lowest BCUT2D eigenvalue weighted by Crippen LogP contribution is -2.64. The number of carbonyl (C=O) groups excluding carboxylic acids is 1. The molecule has 4 aliphatic heterocycles. The number of aliphatic hydroxyl groups is 14. The second-order valence-electron chi connectivity index (χ2n) is 19.0. The van der Waals surface area contributed by atoms with Crippen LogP contribution in [0.5, 0.6) is 0 Å². The van der Waals surface area contributed by atoms with Gasteiger partial charge in [-0.3, -0.25) is 0 Å². The van der Waals surface area contributed by atoms with Crippen LogP contribution in [0.4, 0.5) is 0 Å². The van der Waals surface area contributed by atoms with E-state index in [4.69, 9.17) is 47.4 Å². The van der Waals surface area contributed by atoms with Gasteiger partial charge in [0.2, 0.25) is 0 Å². The molecule has 7 fully saturated rings. The van der Waals surface area contributed by atoms with Crippen molar-refractivity contribution in [1.82, 2.24) is 0 Å². The molecule has 0 aromatic heterocycles. The van der Waals surface area contributed by atoms with E-state index in [0.29, 0.717) is 38.5 Å². The van der Waals surface area contributed by atoms with Gasteiger partial charge >= 0.3 is 5.97 Å². The quantitative estimate of drug-likeness (QED) is 0.0440. The SMILES string of the molecule is COC1CC(C2[OH+]C3CC(O)CC(OC4OC(CO)C(O)C(O)C4O)C3CC2OC2OC(COC3OCC(OC(=O)C=CC4CCC(O)CC4)C(O)C3O)C(O)C(O)C2O)CC(OC)C1O. The molecule has 66 heavy (non-hydrogen) atoms. The Balaban J connectivity index is 1.03. The van der Waals surface area contributed by atoms with Gasteiger partial charge in [0.25, 0.3) is 0 Å². The van der Waals surface area contributed by atoms with Crippen LogP contribution in [0.15, 0.2) is 12.2 Å². The number of aliphatic hydroxyl groups excluding tert-OH is 12. The average molecular weight is 956 g/mol. The molecule has 0 bridgehead atoms. The second kappa shape index (κ2) is 23.1. The third-order valence-electron chi connectivity index (χ3n) is 14.7. The van der Waals surface area contributed by atoms with Crippen LogP contribution in [0.3, 0.4) is 0 Å². The van der Waals surface area contributed by atoms with E-state index in [1.807, 2.05) is 0 Å². The zero-order valence-electron chi connectivity index (χ0n) is 37.0. The van der Waals surface area contributed by atoms with Crippen LogP contribution in [0.25, 0.3) is 0 Å². The summed E-state index contributed by atoms with van der Waals surface area (Å²) in [6.07, 6.45) is -22.4. The van der Waals surface area contributed by atoms with E-state index in [0.717, 1.165) is 0 Å². The summed E-state index contributed by atoms with van der Waals surface area (Å²) in [5.41, 5.74) is 0. The van der Waals surface area contributed by atoms with E-state index < -0.39 is 160 Å². The molecule has 4 saturated heterocycles. The molecule has 13 N–H and O–H groups in total. The van der Waals surface area contributed by atoms with Gasteiger partial charge in [-0.25, -0.2) is 4.79 Å². The fourth-order valence-corrected chi connectivity index (χ4v) is 10.7. The minimum atomic E-state index is -1.84. The van der Waals surface area contributed by atoms with Gasteiger partial charge in [-0.2, -0.15) is 0 Å². The van der Waals surface area contributed by atoms with Crippen LogP contribution < -0.4 is 0 Å². The van der Waals surface area contributed by atoms with Crippen molar-refractivity contribution in [1.29, 1.82) is 0 Å². The molecule has 0 amide bonds. The first kappa shape index (κ1) is 52.2. The summed E-state index contributed by atoms with van der Waals surface area (Å²) >= 11 is 0. The fraction of sp³-hybridized carbons (Fsp3) is 0.930. The van der Waals surface area contributed by atoms with E-state index in [-0.39, 0.29) is 43.8 Å². The first-order chi connectivity index (χ1) is 31.5. The third kappa shape index (κ3) is 11.8. The Bertz CT molecular complexity index is 1540. The summed E-state index contributed by atoms with van der Waals surface area (Å²) in [4.78, 5) is 12.5. The summed E-state index contributed by atoms with van der Waals surface area (Å²) in [6, 6.07) is 0. The summed E-state index contributed by atoms with van der Waals surface area (Å²) in [5.74, 6) is -1.57. The molecule has 0 radical (unpaired) electrons. The predicted octanol–water partition coefficient (Wildman–Crippen LogP) is -5.28. The van der Waals surface area contributed by atoms with Gasteiger partial charge in [0, 0.05) is 39.1 Å². The first-order valence-corrected chi connectivity index (χ1v) is 23.1. The molecule has 0 aromatic rings. The Morgan fingerprint density at radius 3 is 1.82 bits per heavy atom. The summed E-state index contributed by atoms with van der Waals surface area (Å²) in [6.45, 7) is -1.60. The maximum absolute atomic E-state index is 12.5. The average Bonchev–Trinajstić information content (AvgIpc) is 3.30. The minimum absolute atomic E-state index is 0.0416. The van der Waals surface area contributed by atoms with Crippen LogP contribution in [0.1, 0.15) is 57.8 Å². The van der Waals surface area contributed by atoms with E-state index in [1.165, 1.54) is 20.3 Å². The lowest BCUT2D eigenvalue weighted by Gasteiger charge is -2.50. The van der Waals surface area contributed by atoms with Crippen molar-refractivity contribution in [3.63, 3.8) is 0 Å². The zero-order chi connectivity index (χ0) is 47.6. The number of hydrogen-bond acceptors (Lipinski definition) is 22. The lowest BCUT2D eigenvalue weighted by molar-refractivity contribution is -0.370. The maximum atomic E-state index is 12.5. The Morgan fingerprint density at radius 1 is 0.606 bits per heavy atom. The maximum Gasteiger partial charge on any atom is 0.330 e. The Morgan fingerprint density at radius 2 is 1.20 bits per heavy atom. The third-order valence-corrected chi connectivity index (χ3v) is 14.7. The zero-order valence-corrected chi connectivity index (χ0v) is 37.0. The van der Waals surface area contributed by atoms with Gasteiger partial charge in [-0.05, 0) is 50.9 Å². The van der Waals surface area contributed by atoms with Gasteiger partial charge in [0.1, 0.15) is 73.2 Å². The van der Waals surface area contributed by atoms with Crippen molar-refractivity contribution in [3.8, 4) is 0 Å². The van der Waals surface area contributed by atoms with Crippen molar-refractivity contribution < 1.29 is 113 Å². The minimum Gasteiger partial charge on any atom is -0.454 e. The summed E-state index contributed by atoms with van der Waals surface area (Å²) in [5, 5.41) is 128. The smallest absolute Gasteiger partial charge is 0.330 e. The van der Waals surface area contributed by atoms with Gasteiger partial charge in [-0.15, -0.1) is 0 Å². The lowest BCUT2D eigenvalue weighted by atomic mass is 9.72. The number of carbonyl (C=O) groups is 1. The van der Waals surface area contributed by atoms with Crippen LogP contribution in [0, 0.1) is 17.8 Å². The molecular formula is C43H71O23+. The number of ether oxygens (including phenoxy) is 10. The number of allylic oxidation sites excluding steroid dienone is 1. The Labute approximate surface area is 381 Å². The molecule has 0 spiro atoms. The molecule has 23 heteroatoms. The largest absolute Gasteiger partial charge is 0.454 e. The molecule has 7 rings (SSSR count). The molecule has 22 unspecified atom stereocenters. The van der Waals surface area contributed by atoms with Crippen LogP contribution in [-0.4, -0.2) is 247 Å². The predicted molar refractivity (Wildman–Crippen MR) is 218 cm³/mol. The normalized spacial score (nSPS) is 50.5. The molecule has 22 atom stereocenters. The number of hydrogen-bond donors (Lipinski definition) is 12. The van der Waals surface area contributed by atoms with Crippen molar-refractivity contribution >= 4 is 5.97 Å². The van der Waals surface area contributed by atoms with Gasteiger partial charge < -0.3 is 109 Å². The molecule has 4 heterocycles. The topological polar surface area (TPSA) is 356 Å². The van der Waals surface area contributed by atoms with E-state index in [1.54, 1.807) is 6.08 Å². The highest BCUT2D eigenvalue weighted by molar-refractivity contribution is 5.82. The number of esters is 1. The van der Waals surface area contributed by atoms with E-state index >= 15 is 0 Å². The number of methoxy groups -OCH3 is 2. The van der Waals surface area contributed by atoms with Crippen LogP contribution in [-0.2, 0) is 47.4 Å². The van der Waals surface area contributed by atoms with E-state index in [9.17, 15) is 66.1 Å². The van der Waals surface area contributed by atoms with Gasteiger partial charge in [0.15, 0.2) is 37.2 Å². The highest BCUT2D eigenvalue weighted by Crippen LogP contribution is 2.44. The molecule has 3 aliphatic carbocycles. The number of fused-ring (bicyclic) bond motifs is 1. The first-order valence-electron chi connectivity index (χ1n) is 23.1. The standard InChI is InChI=1S/C43H70O23/c1-57-24-9-18(10-25(58-2)31(24)48)40-26(13-21-22(62-40)11-20(46)12-23(21)63-42-38(55)35(52)32(49)27(14-44)65-42)64-43-39(56)36(53)33(50)29(66-43)16-60-41-37(54)34(51)28(15-59-41)61-30(47)8-5-17-3-6-19(45)7-4-17/h5,8,17-29,31-46,48-56H,3-4,6-7,9-16H2,1-2H3/p+1. The fourth-order valence-electron chi connectivity index (χ4n) is 10.7. The van der Waals surface area contributed by atoms with E-state index in [2.05, 4.69) is 0 Å². The molecule has 380 valence electrons. The molecular weight excluding hydrogens is 884 g/mol. The van der Waals surface area contributed by atoms with Gasteiger partial charge in [0.05, 0.1) is 56.3 Å². The summed E-state index contributed by atoms with van der Waals surface area (Å²) in [7, 11) is 2.92. The van der Waals surface area contributed by atoms with Crippen molar-refractivity contribution in [3.05, 3.63) is 12.2 Å². The Hall–Kier alpha value is -1.63. The summed E-state index contributed by atoms with van der Waals surface area (Å²) < 4.78 is 57.6. The molecule has 3 saturated carbocycles. The monoisotopic (exact) mass is 955 g/mol.